The molecule has 2 aromatic rings. The fraction of sp³-hybridized carbons (Fsp3) is 0.538. The summed E-state index contributed by atoms with van der Waals surface area (Å²) in [7, 11) is 2.77. The van der Waals surface area contributed by atoms with Crippen LogP contribution in [0.4, 0.5) is 0 Å². The van der Waals surface area contributed by atoms with E-state index in [1.165, 1.54) is 26.4 Å². The quantitative estimate of drug-likeness (QED) is 0.196. The molecule has 2 aliphatic rings. The third-order valence-electron chi connectivity index (χ3n) is 7.47. The predicted molar refractivity (Wildman–Crippen MR) is 130 cm³/mol. The van der Waals surface area contributed by atoms with Gasteiger partial charge < -0.3 is 59.8 Å². The van der Waals surface area contributed by atoms with E-state index in [9.17, 15) is 40.9 Å². The molecule has 0 bridgehead atoms. The fourth-order valence-corrected chi connectivity index (χ4v) is 5.35. The molecule has 1 aliphatic carbocycles. The van der Waals surface area contributed by atoms with Crippen molar-refractivity contribution in [3.63, 3.8) is 0 Å². The first-order chi connectivity index (χ1) is 18.1. The molecule has 1 fully saturated rings. The van der Waals surface area contributed by atoms with E-state index in [1.807, 2.05) is 0 Å². The summed E-state index contributed by atoms with van der Waals surface area (Å²) in [6.45, 7) is -1.71. The van der Waals surface area contributed by atoms with Gasteiger partial charge in [0.05, 0.1) is 33.0 Å². The number of rotatable bonds is 8. The zero-order valence-corrected chi connectivity index (χ0v) is 21.0. The van der Waals surface area contributed by atoms with Gasteiger partial charge in [-0.05, 0) is 41.0 Å². The topological polar surface area (TPSA) is 199 Å². The minimum atomic E-state index is -1.67. The number of phenols is 1. The van der Waals surface area contributed by atoms with Crippen molar-refractivity contribution in [3.8, 4) is 23.0 Å². The van der Waals surface area contributed by atoms with E-state index in [2.05, 4.69) is 0 Å². The van der Waals surface area contributed by atoms with Gasteiger partial charge in [0.25, 0.3) is 0 Å². The Morgan fingerprint density at radius 2 is 1.61 bits per heavy atom. The van der Waals surface area contributed by atoms with E-state index in [4.69, 9.17) is 18.9 Å². The molecule has 210 valence electrons. The van der Waals surface area contributed by atoms with Gasteiger partial charge in [-0.3, -0.25) is 0 Å². The Kier molecular flexibility index (Phi) is 8.35. The minimum absolute atomic E-state index is 0.0205. The predicted octanol–water partition coefficient (Wildman–Crippen LogP) is -1.39. The minimum Gasteiger partial charge on any atom is -0.504 e. The molecule has 1 aliphatic heterocycles. The number of aliphatic hydroxyl groups excluding tert-OH is 6. The standard InChI is InChI=1S/C26H34O12/c1-35-18-6-13-8-26(34,11-29)15(9-27)21(14(13)7-16(18)30)12-3-4-17(19(5-12)36-2)37-25-24(33)23(32)22(31)20(10-28)38-25/h3-7,15,20-25,27-34H,8-11H2,1-2H3/t15-,20-,21-,22-,23+,24-,25+,26-/m1/s1. The number of hydrogen-bond donors (Lipinski definition) is 8. The Bertz CT molecular complexity index is 1120. The Balaban J connectivity index is 1.74. The van der Waals surface area contributed by atoms with Gasteiger partial charge in [0.1, 0.15) is 24.4 Å². The number of phenolic OH excluding ortho intramolecular Hbond substituents is 1. The lowest BCUT2D eigenvalue weighted by atomic mass is 9.64. The molecule has 8 atom stereocenters. The molecule has 4 rings (SSSR count). The molecule has 1 heterocycles. The molecular formula is C26H34O12. The van der Waals surface area contributed by atoms with E-state index >= 15 is 0 Å². The summed E-state index contributed by atoms with van der Waals surface area (Å²) in [4.78, 5) is 0. The third-order valence-corrected chi connectivity index (χ3v) is 7.47. The molecule has 0 unspecified atom stereocenters. The Labute approximate surface area is 218 Å². The van der Waals surface area contributed by atoms with Crippen LogP contribution in [0.5, 0.6) is 23.0 Å². The van der Waals surface area contributed by atoms with Crippen LogP contribution in [0.15, 0.2) is 30.3 Å². The monoisotopic (exact) mass is 538 g/mol. The lowest BCUT2D eigenvalue weighted by Gasteiger charge is -2.44. The van der Waals surface area contributed by atoms with E-state index in [0.29, 0.717) is 16.7 Å². The van der Waals surface area contributed by atoms with Crippen molar-refractivity contribution in [2.45, 2.75) is 48.6 Å². The molecule has 12 heteroatoms. The largest absolute Gasteiger partial charge is 0.504 e. The number of aromatic hydroxyl groups is 1. The first kappa shape index (κ1) is 28.3. The molecule has 0 saturated carbocycles. The number of methoxy groups -OCH3 is 2. The van der Waals surface area contributed by atoms with E-state index < -0.39 is 68.0 Å². The highest BCUT2D eigenvalue weighted by molar-refractivity contribution is 5.54. The molecule has 12 nitrogen and oxygen atoms in total. The molecule has 1 saturated heterocycles. The molecule has 8 N–H and O–H groups in total. The van der Waals surface area contributed by atoms with Crippen molar-refractivity contribution >= 4 is 0 Å². The molecule has 0 radical (unpaired) electrons. The summed E-state index contributed by atoms with van der Waals surface area (Å²) < 4.78 is 21.9. The summed E-state index contributed by atoms with van der Waals surface area (Å²) >= 11 is 0. The van der Waals surface area contributed by atoms with Crippen molar-refractivity contribution in [1.29, 1.82) is 0 Å². The Morgan fingerprint density at radius 3 is 2.21 bits per heavy atom. The van der Waals surface area contributed by atoms with E-state index in [0.717, 1.165) is 0 Å². The van der Waals surface area contributed by atoms with Crippen LogP contribution in [0.1, 0.15) is 22.6 Å². The van der Waals surface area contributed by atoms with Gasteiger partial charge in [0.2, 0.25) is 6.29 Å². The molecule has 38 heavy (non-hydrogen) atoms. The first-order valence-corrected chi connectivity index (χ1v) is 12.1. The summed E-state index contributed by atoms with van der Waals surface area (Å²) in [6, 6.07) is 7.80. The highest BCUT2D eigenvalue weighted by Crippen LogP contribution is 2.49. The lowest BCUT2D eigenvalue weighted by Crippen LogP contribution is -2.60. The van der Waals surface area contributed by atoms with Gasteiger partial charge in [-0.15, -0.1) is 0 Å². The van der Waals surface area contributed by atoms with Crippen molar-refractivity contribution in [1.82, 2.24) is 0 Å². The first-order valence-electron chi connectivity index (χ1n) is 12.1. The van der Waals surface area contributed by atoms with Crippen molar-refractivity contribution < 1.29 is 59.8 Å². The summed E-state index contributed by atoms with van der Waals surface area (Å²) in [5.41, 5.74) is 0.115. The van der Waals surface area contributed by atoms with Gasteiger partial charge in [0.15, 0.2) is 23.0 Å². The van der Waals surface area contributed by atoms with Gasteiger partial charge in [-0.2, -0.15) is 0 Å². The highest BCUT2D eigenvalue weighted by atomic mass is 16.7. The van der Waals surface area contributed by atoms with Crippen molar-refractivity contribution in [2.75, 3.05) is 34.0 Å². The van der Waals surface area contributed by atoms with E-state index in [-0.39, 0.29) is 29.4 Å². The zero-order valence-electron chi connectivity index (χ0n) is 21.0. The maximum atomic E-state index is 11.3. The second-order valence-corrected chi connectivity index (χ2v) is 9.65. The van der Waals surface area contributed by atoms with Crippen molar-refractivity contribution in [2.24, 2.45) is 5.92 Å². The number of ether oxygens (including phenoxy) is 4. The van der Waals surface area contributed by atoms with Crippen LogP contribution in [-0.2, 0) is 11.2 Å². The molecule has 2 aromatic carbocycles. The molecular weight excluding hydrogens is 504 g/mol. The van der Waals surface area contributed by atoms with Gasteiger partial charge in [-0.25, -0.2) is 0 Å². The Hall–Kier alpha value is -2.68. The average molecular weight is 539 g/mol. The lowest BCUT2D eigenvalue weighted by molar-refractivity contribution is -0.277. The third kappa shape index (κ3) is 4.90. The fourth-order valence-electron chi connectivity index (χ4n) is 5.35. The van der Waals surface area contributed by atoms with Crippen LogP contribution in [0.25, 0.3) is 0 Å². The summed E-state index contributed by atoms with van der Waals surface area (Å²) in [6.07, 6.45) is -7.36. The van der Waals surface area contributed by atoms with Crippen LogP contribution in [0.3, 0.4) is 0 Å². The van der Waals surface area contributed by atoms with Gasteiger partial charge in [-0.1, -0.05) is 6.07 Å². The number of fused-ring (bicyclic) bond motifs is 1. The Morgan fingerprint density at radius 1 is 0.895 bits per heavy atom. The number of benzene rings is 2. The smallest absolute Gasteiger partial charge is 0.229 e. The van der Waals surface area contributed by atoms with Crippen LogP contribution in [0.2, 0.25) is 0 Å². The second kappa shape index (κ2) is 11.2. The van der Waals surface area contributed by atoms with Crippen molar-refractivity contribution in [3.05, 3.63) is 47.0 Å². The van der Waals surface area contributed by atoms with Crippen LogP contribution < -0.4 is 14.2 Å². The normalized spacial score (nSPS) is 32.9. The van der Waals surface area contributed by atoms with Gasteiger partial charge in [0, 0.05) is 24.9 Å². The van der Waals surface area contributed by atoms with Crippen LogP contribution in [-0.4, -0.2) is 111 Å². The van der Waals surface area contributed by atoms with Crippen LogP contribution >= 0.6 is 0 Å². The SMILES string of the molecule is COc1cc2c(cc1O)[C@@H](c1ccc(O[C@H]3O[C@H](CO)[C@@H](O)[C@H](O)[C@H]3O)c(OC)c1)[C@@H](CO)[C@](O)(CO)C2. The maximum Gasteiger partial charge on any atom is 0.229 e. The zero-order chi connectivity index (χ0) is 27.8. The number of aliphatic hydroxyl groups is 7. The number of hydrogen-bond acceptors (Lipinski definition) is 12. The van der Waals surface area contributed by atoms with E-state index in [1.54, 1.807) is 18.2 Å². The maximum absolute atomic E-state index is 11.3. The molecule has 0 spiro atoms. The molecule has 0 aromatic heterocycles. The second-order valence-electron chi connectivity index (χ2n) is 9.65. The van der Waals surface area contributed by atoms with Gasteiger partial charge >= 0.3 is 0 Å². The highest BCUT2D eigenvalue weighted by Gasteiger charge is 2.48. The van der Waals surface area contributed by atoms with Crippen LogP contribution in [0, 0.1) is 5.92 Å². The summed E-state index contributed by atoms with van der Waals surface area (Å²) in [5, 5.41) is 82.0. The molecule has 0 amide bonds. The average Bonchev–Trinajstić information content (AvgIpc) is 2.92. The summed E-state index contributed by atoms with van der Waals surface area (Å²) in [5.74, 6) is -1.19.